The molecule has 1 aliphatic carbocycles. The van der Waals surface area contributed by atoms with Crippen LogP contribution in [0.3, 0.4) is 0 Å². The molecular weight excluding hydrogens is 396 g/mol. The van der Waals surface area contributed by atoms with Crippen molar-refractivity contribution in [1.82, 2.24) is 0 Å². The molecule has 0 heterocycles. The average molecular weight is 415 g/mol. The van der Waals surface area contributed by atoms with Crippen molar-refractivity contribution in [3.63, 3.8) is 0 Å². The number of hydrogen-bond acceptors (Lipinski definition) is 0. The molecule has 0 aromatic heterocycles. The second-order valence-electron chi connectivity index (χ2n) is 9.61. The molecule has 33 heavy (non-hydrogen) atoms. The van der Waals surface area contributed by atoms with Crippen LogP contribution < -0.4 is 0 Å². The summed E-state index contributed by atoms with van der Waals surface area (Å²) >= 11 is 0. The molecule has 0 aliphatic heterocycles. The third-order valence-corrected chi connectivity index (χ3v) is 8.14. The van der Waals surface area contributed by atoms with E-state index in [2.05, 4.69) is 97.1 Å². The second-order valence-corrected chi connectivity index (χ2v) is 9.61. The molecule has 150 valence electrons. The predicted octanol–water partition coefficient (Wildman–Crippen LogP) is 9.05. The van der Waals surface area contributed by atoms with Crippen molar-refractivity contribution in [3.8, 4) is 11.1 Å². The Morgan fingerprint density at radius 2 is 0.909 bits per heavy atom. The fourth-order valence-corrected chi connectivity index (χ4v) is 7.01. The molecule has 0 atom stereocenters. The lowest BCUT2D eigenvalue weighted by Gasteiger charge is -2.09. The first-order valence-corrected chi connectivity index (χ1v) is 11.8. The van der Waals surface area contributed by atoms with E-state index in [0.29, 0.717) is 0 Å². The first-order chi connectivity index (χ1) is 16.4. The summed E-state index contributed by atoms with van der Waals surface area (Å²) < 4.78 is 0. The summed E-state index contributed by atoms with van der Waals surface area (Å²) in [4.78, 5) is 0. The first kappa shape index (κ1) is 16.5. The van der Waals surface area contributed by atoms with Crippen LogP contribution in [0, 0.1) is 0 Å². The Bertz CT molecular complexity index is 2080. The van der Waals surface area contributed by atoms with E-state index in [4.69, 9.17) is 0 Å². The molecule has 0 bridgehead atoms. The molecule has 0 amide bonds. The maximum absolute atomic E-state index is 2.34. The highest BCUT2D eigenvalue weighted by Crippen LogP contribution is 2.55. The quantitative estimate of drug-likeness (QED) is 0.232. The smallest absolute Gasteiger partial charge is 0.000682 e. The molecule has 0 nitrogen and oxygen atoms in total. The van der Waals surface area contributed by atoms with E-state index in [-0.39, 0.29) is 0 Å². The normalized spacial score (nSPS) is 13.3. The number of benzene rings is 6. The molecule has 0 spiro atoms. The van der Waals surface area contributed by atoms with Gasteiger partial charge >= 0.3 is 0 Å². The van der Waals surface area contributed by atoms with Gasteiger partial charge in [-0.05, 0) is 93.3 Å². The molecule has 8 aromatic rings. The lowest BCUT2D eigenvalue weighted by atomic mass is 9.93. The fourth-order valence-electron chi connectivity index (χ4n) is 7.01. The lowest BCUT2D eigenvalue weighted by molar-refractivity contribution is 1.29. The van der Waals surface area contributed by atoms with E-state index in [1.54, 1.807) is 0 Å². The summed E-state index contributed by atoms with van der Waals surface area (Å²) in [7, 11) is 0. The number of fused-ring (bicyclic) bond motifs is 12. The van der Waals surface area contributed by atoms with Crippen molar-refractivity contribution in [2.24, 2.45) is 0 Å². The Morgan fingerprint density at radius 1 is 0.394 bits per heavy atom. The van der Waals surface area contributed by atoms with Crippen molar-refractivity contribution >= 4 is 64.6 Å². The van der Waals surface area contributed by atoms with Gasteiger partial charge in [-0.3, -0.25) is 0 Å². The van der Waals surface area contributed by atoms with Crippen molar-refractivity contribution in [3.05, 3.63) is 108 Å². The predicted molar refractivity (Wildman–Crippen MR) is 142 cm³/mol. The minimum Gasteiger partial charge on any atom is -0.0619 e. The third-order valence-electron chi connectivity index (χ3n) is 8.14. The standard InChI is InChI=1S/C33H18/c1-2-12-21-20(7-1)17-26-29(21)31-24-15-5-10-19-11-6-16-25(28(19)24)33(31)32-23-14-4-9-18-8-3-13-22(27(18)23)30(26)32/h1-16H,17H2. The van der Waals surface area contributed by atoms with Crippen molar-refractivity contribution < 1.29 is 0 Å². The largest absolute Gasteiger partial charge is 0.0619 e. The highest BCUT2D eigenvalue weighted by Gasteiger charge is 2.29. The average Bonchev–Trinajstić information content (AvgIpc) is 3.51. The lowest BCUT2D eigenvalue weighted by Crippen LogP contribution is -1.84. The molecule has 0 fully saturated rings. The Morgan fingerprint density at radius 3 is 1.55 bits per heavy atom. The molecule has 9 rings (SSSR count). The minimum absolute atomic E-state index is 1.01. The maximum Gasteiger partial charge on any atom is -0.000682 e. The van der Waals surface area contributed by atoms with Gasteiger partial charge in [-0.1, -0.05) is 97.1 Å². The minimum atomic E-state index is 1.01. The van der Waals surface area contributed by atoms with Crippen molar-refractivity contribution in [2.45, 2.75) is 6.42 Å². The summed E-state index contributed by atoms with van der Waals surface area (Å²) in [6.45, 7) is 0. The zero-order valence-electron chi connectivity index (χ0n) is 17.9. The topological polar surface area (TPSA) is 0 Å². The van der Waals surface area contributed by atoms with E-state index in [1.165, 1.54) is 86.9 Å². The van der Waals surface area contributed by atoms with Gasteiger partial charge in [-0.25, -0.2) is 0 Å². The SMILES string of the molecule is c1ccc2c(c1)Cc1c-2c2c3cccc4cccc(c43)c2c2c3cccc4cccc(c12)c43. The highest BCUT2D eigenvalue weighted by molar-refractivity contribution is 6.46. The van der Waals surface area contributed by atoms with Gasteiger partial charge in [0.25, 0.3) is 0 Å². The van der Waals surface area contributed by atoms with Gasteiger partial charge in [0.05, 0.1) is 0 Å². The molecule has 0 radical (unpaired) electrons. The molecule has 0 N–H and O–H groups in total. The second kappa shape index (κ2) is 5.42. The Balaban J connectivity index is 1.73. The molecule has 0 unspecified atom stereocenters. The van der Waals surface area contributed by atoms with Gasteiger partial charge in [0.2, 0.25) is 0 Å². The summed E-state index contributed by atoms with van der Waals surface area (Å²) in [5.41, 5.74) is 5.85. The highest BCUT2D eigenvalue weighted by atomic mass is 14.3. The Kier molecular flexibility index (Phi) is 2.70. The first-order valence-electron chi connectivity index (χ1n) is 11.8. The van der Waals surface area contributed by atoms with Crippen LogP contribution in [-0.2, 0) is 6.42 Å². The molecular formula is C33H18. The molecule has 1 aliphatic rings. The van der Waals surface area contributed by atoms with Crippen molar-refractivity contribution in [2.75, 3.05) is 0 Å². The number of hydrogen-bond donors (Lipinski definition) is 0. The maximum atomic E-state index is 2.34. The van der Waals surface area contributed by atoms with Gasteiger partial charge in [0.1, 0.15) is 0 Å². The third kappa shape index (κ3) is 1.76. The number of rotatable bonds is 0. The zero-order valence-corrected chi connectivity index (χ0v) is 17.9. The summed E-state index contributed by atoms with van der Waals surface area (Å²) in [5.74, 6) is 0. The van der Waals surface area contributed by atoms with Crippen LogP contribution in [0.25, 0.3) is 75.8 Å². The van der Waals surface area contributed by atoms with Gasteiger partial charge in [0.15, 0.2) is 0 Å². The van der Waals surface area contributed by atoms with Gasteiger partial charge in [0, 0.05) is 0 Å². The molecule has 0 heteroatoms. The van der Waals surface area contributed by atoms with Gasteiger partial charge in [-0.2, -0.15) is 0 Å². The van der Waals surface area contributed by atoms with Crippen LogP contribution in [0.15, 0.2) is 97.1 Å². The van der Waals surface area contributed by atoms with E-state index < -0.39 is 0 Å². The van der Waals surface area contributed by atoms with Crippen LogP contribution in [0.1, 0.15) is 11.1 Å². The van der Waals surface area contributed by atoms with E-state index in [9.17, 15) is 0 Å². The summed E-state index contributed by atoms with van der Waals surface area (Å²) in [6.07, 6.45) is 1.01. The molecule has 8 aromatic carbocycles. The van der Waals surface area contributed by atoms with Crippen LogP contribution in [0.5, 0.6) is 0 Å². The van der Waals surface area contributed by atoms with Crippen molar-refractivity contribution in [1.29, 1.82) is 0 Å². The van der Waals surface area contributed by atoms with E-state index >= 15 is 0 Å². The monoisotopic (exact) mass is 414 g/mol. The van der Waals surface area contributed by atoms with E-state index in [0.717, 1.165) is 6.42 Å². The van der Waals surface area contributed by atoms with Crippen LogP contribution in [0.2, 0.25) is 0 Å². The molecule has 0 saturated heterocycles. The fraction of sp³-hybridized carbons (Fsp3) is 0.0303. The van der Waals surface area contributed by atoms with E-state index in [1.807, 2.05) is 0 Å². The van der Waals surface area contributed by atoms with Crippen LogP contribution >= 0.6 is 0 Å². The Labute approximate surface area is 190 Å². The van der Waals surface area contributed by atoms with Crippen LogP contribution in [0.4, 0.5) is 0 Å². The van der Waals surface area contributed by atoms with Gasteiger partial charge in [-0.15, -0.1) is 0 Å². The Hall–Kier alpha value is -4.16. The summed E-state index contributed by atoms with van der Waals surface area (Å²) in [6, 6.07) is 36.4. The molecule has 0 saturated carbocycles. The van der Waals surface area contributed by atoms with Crippen LogP contribution in [-0.4, -0.2) is 0 Å². The van der Waals surface area contributed by atoms with Gasteiger partial charge < -0.3 is 0 Å². The zero-order chi connectivity index (χ0) is 21.3. The summed E-state index contributed by atoms with van der Waals surface area (Å²) in [5, 5.41) is 16.9.